The maximum Gasteiger partial charge on any atom is 0.270 e. The third-order valence-electron chi connectivity index (χ3n) is 5.68. The third kappa shape index (κ3) is 3.27. The van der Waals surface area contributed by atoms with Gasteiger partial charge in [-0.15, -0.1) is 0 Å². The zero-order valence-electron chi connectivity index (χ0n) is 15.7. The van der Waals surface area contributed by atoms with Crippen molar-refractivity contribution in [3.8, 4) is 5.75 Å². The fourth-order valence-corrected chi connectivity index (χ4v) is 4.21. The highest BCUT2D eigenvalue weighted by molar-refractivity contribution is 5.98. The number of aromatic nitrogens is 1. The SMILES string of the molecule is COCCN1C(=O)[C@H]2CC[C@@H]1CN(C(=O)c1cc3cc(OC)ccc3[nH]1)C2. The second-order valence-electron chi connectivity index (χ2n) is 7.30. The number of ether oxygens (including phenoxy) is 2. The Hall–Kier alpha value is -2.54. The molecule has 3 aliphatic heterocycles. The number of rotatable bonds is 5. The summed E-state index contributed by atoms with van der Waals surface area (Å²) in [6.07, 6.45) is 1.79. The molecular formula is C20H25N3O4. The van der Waals surface area contributed by atoms with Crippen molar-refractivity contribution in [3.63, 3.8) is 0 Å². The minimum Gasteiger partial charge on any atom is -0.497 e. The molecule has 0 aliphatic carbocycles. The molecule has 7 heteroatoms. The van der Waals surface area contributed by atoms with Crippen LogP contribution >= 0.6 is 0 Å². The predicted molar refractivity (Wildman–Crippen MR) is 101 cm³/mol. The molecular weight excluding hydrogens is 346 g/mol. The van der Waals surface area contributed by atoms with Gasteiger partial charge in [-0.3, -0.25) is 9.59 Å². The van der Waals surface area contributed by atoms with Crippen molar-refractivity contribution < 1.29 is 19.1 Å². The lowest BCUT2D eigenvalue weighted by Gasteiger charge is -2.35. The van der Waals surface area contributed by atoms with Gasteiger partial charge in [0.1, 0.15) is 11.4 Å². The highest BCUT2D eigenvalue weighted by Crippen LogP contribution is 2.30. The van der Waals surface area contributed by atoms with E-state index >= 15 is 0 Å². The van der Waals surface area contributed by atoms with Crippen LogP contribution < -0.4 is 4.74 Å². The summed E-state index contributed by atoms with van der Waals surface area (Å²) in [5.41, 5.74) is 1.45. The summed E-state index contributed by atoms with van der Waals surface area (Å²) in [7, 11) is 3.26. The van der Waals surface area contributed by atoms with Gasteiger partial charge in [0.2, 0.25) is 5.91 Å². The lowest BCUT2D eigenvalue weighted by Crippen LogP contribution is -2.49. The molecule has 3 aliphatic rings. The van der Waals surface area contributed by atoms with Crippen LogP contribution in [0.1, 0.15) is 23.3 Å². The molecule has 1 aromatic heterocycles. The summed E-state index contributed by atoms with van der Waals surface area (Å²) in [5.74, 6) is 0.741. The zero-order valence-corrected chi connectivity index (χ0v) is 15.7. The van der Waals surface area contributed by atoms with Gasteiger partial charge in [0, 0.05) is 43.7 Å². The molecule has 1 N–H and O–H groups in total. The third-order valence-corrected chi connectivity index (χ3v) is 5.68. The van der Waals surface area contributed by atoms with Crippen LogP contribution in [0.5, 0.6) is 5.75 Å². The number of aromatic amines is 1. The molecule has 2 aromatic rings. The second kappa shape index (κ2) is 7.23. The molecule has 5 rings (SSSR count). The van der Waals surface area contributed by atoms with E-state index < -0.39 is 0 Å². The van der Waals surface area contributed by atoms with Gasteiger partial charge in [-0.2, -0.15) is 0 Å². The van der Waals surface area contributed by atoms with E-state index in [4.69, 9.17) is 9.47 Å². The van der Waals surface area contributed by atoms with Crippen LogP contribution in [0.15, 0.2) is 24.3 Å². The number of nitrogens with one attached hydrogen (secondary N) is 1. The Kier molecular flexibility index (Phi) is 4.78. The first-order chi connectivity index (χ1) is 13.1. The maximum absolute atomic E-state index is 13.1. The molecule has 144 valence electrons. The lowest BCUT2D eigenvalue weighted by molar-refractivity contribution is -0.140. The van der Waals surface area contributed by atoms with Crippen molar-refractivity contribution in [3.05, 3.63) is 30.0 Å². The molecule has 4 heterocycles. The topological polar surface area (TPSA) is 74.9 Å². The average molecular weight is 371 g/mol. The normalized spacial score (nSPS) is 22.4. The standard InChI is InChI=1S/C20H25N3O4/c1-26-8-7-23-15-4-3-13(19(23)24)11-22(12-15)20(25)18-10-14-9-16(27-2)5-6-17(14)21-18/h5-6,9-10,13,15,21H,3-4,7-8,11-12H2,1-2H3/t13-,15+/m0/s1. The minimum atomic E-state index is -0.117. The van der Waals surface area contributed by atoms with Crippen LogP contribution in [0.4, 0.5) is 0 Å². The summed E-state index contributed by atoms with van der Waals surface area (Å²) < 4.78 is 10.4. The van der Waals surface area contributed by atoms with Crippen molar-refractivity contribution in [2.24, 2.45) is 5.92 Å². The van der Waals surface area contributed by atoms with Crippen LogP contribution in [0, 0.1) is 5.92 Å². The van der Waals surface area contributed by atoms with Gasteiger partial charge in [-0.25, -0.2) is 0 Å². The van der Waals surface area contributed by atoms with E-state index in [1.165, 1.54) is 0 Å². The maximum atomic E-state index is 13.1. The number of piperidine rings is 1. The van der Waals surface area contributed by atoms with E-state index in [9.17, 15) is 9.59 Å². The summed E-state index contributed by atoms with van der Waals surface area (Å²) in [5, 5.41) is 0.938. The highest BCUT2D eigenvalue weighted by atomic mass is 16.5. The van der Waals surface area contributed by atoms with Crippen molar-refractivity contribution >= 4 is 22.7 Å². The van der Waals surface area contributed by atoms with Crippen LogP contribution in [0.25, 0.3) is 10.9 Å². The average Bonchev–Trinajstić information content (AvgIpc) is 2.92. The molecule has 2 bridgehead atoms. The zero-order chi connectivity index (χ0) is 19.0. The largest absolute Gasteiger partial charge is 0.497 e. The minimum absolute atomic E-state index is 0.0524. The van der Waals surface area contributed by atoms with Crippen molar-refractivity contribution in [2.75, 3.05) is 40.5 Å². The second-order valence-corrected chi connectivity index (χ2v) is 7.30. The molecule has 27 heavy (non-hydrogen) atoms. The molecule has 0 unspecified atom stereocenters. The summed E-state index contributed by atoms with van der Waals surface area (Å²) in [6, 6.07) is 7.61. The van der Waals surface area contributed by atoms with E-state index in [1.54, 1.807) is 14.2 Å². The first-order valence-corrected chi connectivity index (χ1v) is 9.36. The fourth-order valence-electron chi connectivity index (χ4n) is 4.21. The summed E-state index contributed by atoms with van der Waals surface area (Å²) in [4.78, 5) is 32.8. The number of fused-ring (bicyclic) bond motifs is 5. The van der Waals surface area contributed by atoms with Gasteiger partial charge < -0.3 is 24.3 Å². The number of hydrogen-bond acceptors (Lipinski definition) is 4. The van der Waals surface area contributed by atoms with E-state index in [1.807, 2.05) is 34.1 Å². The number of carbonyl (C=O) groups excluding carboxylic acids is 2. The highest BCUT2D eigenvalue weighted by Gasteiger charge is 2.41. The van der Waals surface area contributed by atoms with Gasteiger partial charge in [0.15, 0.2) is 0 Å². The van der Waals surface area contributed by atoms with E-state index in [0.717, 1.165) is 29.5 Å². The van der Waals surface area contributed by atoms with Gasteiger partial charge in [0.25, 0.3) is 5.91 Å². The molecule has 2 atom stereocenters. The Labute approximate surface area is 158 Å². The quantitative estimate of drug-likeness (QED) is 0.871. The number of methoxy groups -OCH3 is 2. The Morgan fingerprint density at radius 3 is 2.85 bits per heavy atom. The summed E-state index contributed by atoms with van der Waals surface area (Å²) >= 11 is 0. The van der Waals surface area contributed by atoms with E-state index in [2.05, 4.69) is 4.98 Å². The molecule has 0 saturated carbocycles. The first kappa shape index (κ1) is 17.9. The summed E-state index contributed by atoms with van der Waals surface area (Å²) in [6.45, 7) is 2.16. The molecule has 2 amide bonds. The van der Waals surface area contributed by atoms with Gasteiger partial charge in [-0.05, 0) is 37.1 Å². The molecule has 0 radical (unpaired) electrons. The monoisotopic (exact) mass is 371 g/mol. The lowest BCUT2D eigenvalue weighted by atomic mass is 9.94. The number of H-pyrrole nitrogens is 1. The Morgan fingerprint density at radius 2 is 2.07 bits per heavy atom. The smallest absolute Gasteiger partial charge is 0.270 e. The van der Waals surface area contributed by atoms with Crippen LogP contribution in [-0.2, 0) is 9.53 Å². The molecule has 7 nitrogen and oxygen atoms in total. The number of hydrogen-bond donors (Lipinski definition) is 1. The molecule has 1 aromatic carbocycles. The number of nitrogens with zero attached hydrogens (tertiary/aromatic N) is 2. The van der Waals surface area contributed by atoms with Gasteiger partial charge in [0.05, 0.1) is 19.6 Å². The Bertz CT molecular complexity index is 862. The van der Waals surface area contributed by atoms with Crippen LogP contribution in [-0.4, -0.2) is 73.1 Å². The molecule has 0 spiro atoms. The van der Waals surface area contributed by atoms with Crippen LogP contribution in [0.2, 0.25) is 0 Å². The van der Waals surface area contributed by atoms with Crippen molar-refractivity contribution in [2.45, 2.75) is 18.9 Å². The molecule has 3 saturated heterocycles. The van der Waals surface area contributed by atoms with Crippen LogP contribution in [0.3, 0.4) is 0 Å². The number of carbonyl (C=O) groups is 2. The van der Waals surface area contributed by atoms with Crippen molar-refractivity contribution in [1.29, 1.82) is 0 Å². The Morgan fingerprint density at radius 1 is 1.22 bits per heavy atom. The molecule has 3 fully saturated rings. The number of amides is 2. The van der Waals surface area contributed by atoms with Gasteiger partial charge >= 0.3 is 0 Å². The predicted octanol–water partition coefficient (Wildman–Crippen LogP) is 1.89. The fraction of sp³-hybridized carbons (Fsp3) is 0.500. The first-order valence-electron chi connectivity index (χ1n) is 9.36. The van der Waals surface area contributed by atoms with E-state index in [0.29, 0.717) is 31.9 Å². The Balaban J connectivity index is 1.56. The number of benzene rings is 1. The van der Waals surface area contributed by atoms with E-state index in [-0.39, 0.29) is 23.8 Å². The van der Waals surface area contributed by atoms with Crippen molar-refractivity contribution in [1.82, 2.24) is 14.8 Å². The van der Waals surface area contributed by atoms with Gasteiger partial charge in [-0.1, -0.05) is 0 Å².